The number of hydrogen-bond acceptors (Lipinski definition) is 2. The van der Waals surface area contributed by atoms with E-state index < -0.39 is 5.72 Å². The van der Waals surface area contributed by atoms with Crippen molar-refractivity contribution >= 4 is 35.0 Å². The van der Waals surface area contributed by atoms with Crippen LogP contribution < -0.4 is 4.90 Å². The van der Waals surface area contributed by atoms with Crippen LogP contribution in [0.1, 0.15) is 31.4 Å². The van der Waals surface area contributed by atoms with Gasteiger partial charge in [0.15, 0.2) is 5.72 Å². The smallest absolute Gasteiger partial charge is 0.169 e. The molecule has 2 aromatic carbocycles. The summed E-state index contributed by atoms with van der Waals surface area (Å²) in [6, 6.07) is 14.0. The summed E-state index contributed by atoms with van der Waals surface area (Å²) in [4.78, 5) is 2.38. The number of hydrogen-bond donors (Lipinski definition) is 0. The topological polar surface area (TPSA) is 12.5 Å². The first kappa shape index (κ1) is 17.0. The summed E-state index contributed by atoms with van der Waals surface area (Å²) in [6.07, 6.45) is 5.35. The monoisotopic (exact) mass is 373 g/mol. The third-order valence-electron chi connectivity index (χ3n) is 5.44. The second-order valence-corrected chi connectivity index (χ2v) is 8.09. The molecule has 1 atom stereocenters. The summed E-state index contributed by atoms with van der Waals surface area (Å²) in [5.74, 6) is 0. The average Bonchev–Trinajstić information content (AvgIpc) is 2.80. The highest BCUT2D eigenvalue weighted by Gasteiger charge is 2.57. The summed E-state index contributed by atoms with van der Waals surface area (Å²) in [5.41, 5.74) is 2.85. The Labute approximate surface area is 159 Å². The van der Waals surface area contributed by atoms with E-state index in [9.17, 15) is 0 Å². The zero-order valence-corrected chi connectivity index (χ0v) is 15.9. The number of anilines is 1. The van der Waals surface area contributed by atoms with Crippen LogP contribution >= 0.6 is 23.2 Å². The standard InChI is InChI=1S/C21H21Cl2NO/c1-20(2)18-14-17(23)8-9-19(18)24-12-3-13-25-21(20,24)11-10-15-4-6-16(22)7-5-15/h4-11,14H,3,12-13H2,1-2H3/b11-10+. The maximum atomic E-state index is 6.44. The highest BCUT2D eigenvalue weighted by atomic mass is 35.5. The Bertz CT molecular complexity index is 828. The van der Waals surface area contributed by atoms with Crippen LogP contribution in [0.15, 0.2) is 48.5 Å². The van der Waals surface area contributed by atoms with Crippen molar-refractivity contribution in [3.63, 3.8) is 0 Å². The molecule has 0 radical (unpaired) electrons. The van der Waals surface area contributed by atoms with Crippen LogP contribution in [0.3, 0.4) is 0 Å². The number of ether oxygens (including phenoxy) is 1. The van der Waals surface area contributed by atoms with Crippen LogP contribution in [0, 0.1) is 0 Å². The van der Waals surface area contributed by atoms with Crippen LogP contribution in [0.4, 0.5) is 5.69 Å². The van der Waals surface area contributed by atoms with E-state index in [4.69, 9.17) is 27.9 Å². The first-order chi connectivity index (χ1) is 11.9. The van der Waals surface area contributed by atoms with Crippen molar-refractivity contribution in [3.8, 4) is 0 Å². The summed E-state index contributed by atoms with van der Waals surface area (Å²) in [6.45, 7) is 6.20. The SMILES string of the molecule is CC1(C)c2cc(Cl)ccc2N2CCCOC21/C=C/c1ccc(Cl)cc1. The van der Waals surface area contributed by atoms with Crippen LogP contribution in [0.25, 0.3) is 6.08 Å². The van der Waals surface area contributed by atoms with Gasteiger partial charge in [0, 0.05) is 27.7 Å². The molecule has 0 aromatic heterocycles. The summed E-state index contributed by atoms with van der Waals surface area (Å²) in [5, 5.41) is 1.51. The first-order valence-corrected chi connectivity index (χ1v) is 9.36. The molecule has 0 saturated carbocycles. The lowest BCUT2D eigenvalue weighted by Crippen LogP contribution is -2.59. The van der Waals surface area contributed by atoms with Gasteiger partial charge in [0.25, 0.3) is 0 Å². The van der Waals surface area contributed by atoms with Crippen molar-refractivity contribution in [2.75, 3.05) is 18.1 Å². The molecule has 4 rings (SSSR count). The van der Waals surface area contributed by atoms with Gasteiger partial charge < -0.3 is 9.64 Å². The normalized spacial score (nSPS) is 24.4. The zero-order chi connectivity index (χ0) is 17.7. The Kier molecular flexibility index (Phi) is 4.10. The fraction of sp³-hybridized carbons (Fsp3) is 0.333. The van der Waals surface area contributed by atoms with Gasteiger partial charge in [-0.3, -0.25) is 0 Å². The Morgan fingerprint density at radius 2 is 1.76 bits per heavy atom. The maximum Gasteiger partial charge on any atom is 0.169 e. The highest BCUT2D eigenvalue weighted by molar-refractivity contribution is 6.31. The van der Waals surface area contributed by atoms with Crippen LogP contribution in [0.5, 0.6) is 0 Å². The van der Waals surface area contributed by atoms with E-state index in [2.05, 4.69) is 43.0 Å². The van der Waals surface area contributed by atoms with Crippen molar-refractivity contribution in [1.29, 1.82) is 0 Å². The average molecular weight is 374 g/mol. The molecule has 2 aromatic rings. The summed E-state index contributed by atoms with van der Waals surface area (Å²) in [7, 11) is 0. The van der Waals surface area contributed by atoms with Gasteiger partial charge in [0.05, 0.1) is 6.61 Å². The van der Waals surface area contributed by atoms with Gasteiger partial charge in [0.1, 0.15) is 0 Å². The van der Waals surface area contributed by atoms with Crippen molar-refractivity contribution in [1.82, 2.24) is 0 Å². The zero-order valence-electron chi connectivity index (χ0n) is 14.4. The Hall–Kier alpha value is -1.48. The molecule has 2 nitrogen and oxygen atoms in total. The molecule has 2 aliphatic heterocycles. The minimum absolute atomic E-state index is 0.212. The number of halogens is 2. The van der Waals surface area contributed by atoms with E-state index in [1.165, 1.54) is 11.3 Å². The minimum atomic E-state index is -0.502. The minimum Gasteiger partial charge on any atom is -0.351 e. The first-order valence-electron chi connectivity index (χ1n) is 8.60. The largest absolute Gasteiger partial charge is 0.351 e. The van der Waals surface area contributed by atoms with Crippen LogP contribution in [-0.4, -0.2) is 18.9 Å². The van der Waals surface area contributed by atoms with E-state index in [-0.39, 0.29) is 5.41 Å². The quantitative estimate of drug-likeness (QED) is 0.647. The third kappa shape index (κ3) is 2.59. The molecule has 130 valence electrons. The molecule has 25 heavy (non-hydrogen) atoms. The molecule has 1 unspecified atom stereocenters. The fourth-order valence-corrected chi connectivity index (χ4v) is 4.38. The van der Waals surface area contributed by atoms with Crippen LogP contribution in [0.2, 0.25) is 10.0 Å². The van der Waals surface area contributed by atoms with Gasteiger partial charge in [-0.1, -0.05) is 55.3 Å². The fourth-order valence-electron chi connectivity index (χ4n) is 4.08. The Morgan fingerprint density at radius 3 is 2.52 bits per heavy atom. The van der Waals surface area contributed by atoms with Gasteiger partial charge in [0.2, 0.25) is 0 Å². The predicted molar refractivity (Wildman–Crippen MR) is 106 cm³/mol. The molecular formula is C21H21Cl2NO. The number of fused-ring (bicyclic) bond motifs is 3. The summed E-state index contributed by atoms with van der Waals surface area (Å²) >= 11 is 12.3. The lowest BCUT2D eigenvalue weighted by molar-refractivity contribution is -0.0682. The molecule has 0 aliphatic carbocycles. The molecule has 0 bridgehead atoms. The van der Waals surface area contributed by atoms with Crippen molar-refractivity contribution in [3.05, 3.63) is 69.7 Å². The molecule has 0 N–H and O–H groups in total. The maximum absolute atomic E-state index is 6.44. The van der Waals surface area contributed by atoms with Gasteiger partial charge in [-0.25, -0.2) is 0 Å². The number of nitrogens with zero attached hydrogens (tertiary/aromatic N) is 1. The van der Waals surface area contributed by atoms with E-state index in [1.54, 1.807) is 0 Å². The number of rotatable bonds is 2. The molecular weight excluding hydrogens is 353 g/mol. The molecule has 1 fully saturated rings. The van der Waals surface area contributed by atoms with E-state index in [1.807, 2.05) is 30.3 Å². The molecule has 2 heterocycles. The molecule has 2 aliphatic rings. The molecule has 0 spiro atoms. The van der Waals surface area contributed by atoms with Gasteiger partial charge >= 0.3 is 0 Å². The lowest BCUT2D eigenvalue weighted by atomic mass is 9.76. The highest BCUT2D eigenvalue weighted by Crippen LogP contribution is 2.55. The van der Waals surface area contributed by atoms with Gasteiger partial charge in [-0.15, -0.1) is 0 Å². The second-order valence-electron chi connectivity index (χ2n) is 7.22. The predicted octanol–water partition coefficient (Wildman–Crippen LogP) is 5.92. The van der Waals surface area contributed by atoms with Gasteiger partial charge in [-0.05, 0) is 54.0 Å². The summed E-state index contributed by atoms with van der Waals surface area (Å²) < 4.78 is 6.44. The molecule has 0 amide bonds. The Morgan fingerprint density at radius 1 is 1.04 bits per heavy atom. The van der Waals surface area contributed by atoms with Crippen molar-refractivity contribution < 1.29 is 4.74 Å². The molecule has 1 saturated heterocycles. The molecule has 4 heteroatoms. The van der Waals surface area contributed by atoms with Crippen molar-refractivity contribution in [2.45, 2.75) is 31.4 Å². The van der Waals surface area contributed by atoms with E-state index in [0.717, 1.165) is 35.2 Å². The van der Waals surface area contributed by atoms with E-state index in [0.29, 0.717) is 0 Å². The lowest BCUT2D eigenvalue weighted by Gasteiger charge is -2.48. The second kappa shape index (κ2) is 6.05. The third-order valence-corrected chi connectivity index (χ3v) is 5.93. The van der Waals surface area contributed by atoms with Crippen LogP contribution in [-0.2, 0) is 10.2 Å². The Balaban J connectivity index is 1.81. The van der Waals surface area contributed by atoms with Gasteiger partial charge in [-0.2, -0.15) is 0 Å². The van der Waals surface area contributed by atoms with E-state index >= 15 is 0 Å². The van der Waals surface area contributed by atoms with Crippen molar-refractivity contribution in [2.24, 2.45) is 0 Å². The number of benzene rings is 2.